The molecule has 0 spiro atoms. The molecule has 0 aromatic heterocycles. The third-order valence-electron chi connectivity index (χ3n) is 5.16. The van der Waals surface area contributed by atoms with Crippen LogP contribution in [0, 0.1) is 5.92 Å². The van der Waals surface area contributed by atoms with Crippen LogP contribution >= 0.6 is 0 Å². The molecule has 2 saturated heterocycles. The van der Waals surface area contributed by atoms with Crippen molar-refractivity contribution < 1.29 is 19.5 Å². The van der Waals surface area contributed by atoms with Gasteiger partial charge in [0, 0.05) is 38.2 Å². The number of nitrogens with zero attached hydrogens (tertiary/aromatic N) is 2. The highest BCUT2D eigenvalue weighted by Crippen LogP contribution is 2.22. The van der Waals surface area contributed by atoms with Gasteiger partial charge in [-0.05, 0) is 49.8 Å². The van der Waals surface area contributed by atoms with E-state index >= 15 is 0 Å². The highest BCUT2D eigenvalue weighted by atomic mass is 16.4. The molecule has 0 saturated carbocycles. The zero-order valence-electron chi connectivity index (χ0n) is 14.3. The van der Waals surface area contributed by atoms with E-state index in [4.69, 9.17) is 5.11 Å². The van der Waals surface area contributed by atoms with Crippen molar-refractivity contribution in [3.8, 4) is 0 Å². The van der Waals surface area contributed by atoms with E-state index in [0.717, 1.165) is 38.8 Å². The van der Waals surface area contributed by atoms with Crippen molar-refractivity contribution >= 4 is 17.8 Å². The SMILES string of the molecule is O=C(O)c1cccc(C(=O)N2CCC(CN3CCCCC3=O)CC2)c1. The van der Waals surface area contributed by atoms with Crippen molar-refractivity contribution in [3.05, 3.63) is 35.4 Å². The van der Waals surface area contributed by atoms with Gasteiger partial charge < -0.3 is 14.9 Å². The highest BCUT2D eigenvalue weighted by Gasteiger charge is 2.27. The first kappa shape index (κ1) is 17.5. The van der Waals surface area contributed by atoms with Gasteiger partial charge in [-0.1, -0.05) is 6.07 Å². The smallest absolute Gasteiger partial charge is 0.335 e. The van der Waals surface area contributed by atoms with Gasteiger partial charge in [0.1, 0.15) is 0 Å². The summed E-state index contributed by atoms with van der Waals surface area (Å²) in [5, 5.41) is 9.06. The molecule has 2 heterocycles. The molecule has 1 N–H and O–H groups in total. The van der Waals surface area contributed by atoms with Crippen molar-refractivity contribution in [3.63, 3.8) is 0 Å². The summed E-state index contributed by atoms with van der Waals surface area (Å²) in [7, 11) is 0. The minimum absolute atomic E-state index is 0.115. The highest BCUT2D eigenvalue weighted by molar-refractivity contribution is 5.97. The summed E-state index contributed by atoms with van der Waals surface area (Å²) < 4.78 is 0. The largest absolute Gasteiger partial charge is 0.478 e. The van der Waals surface area contributed by atoms with Gasteiger partial charge in [0.15, 0.2) is 0 Å². The molecule has 1 aromatic carbocycles. The lowest BCUT2D eigenvalue weighted by Crippen LogP contribution is -2.44. The number of carboxylic acids is 1. The third kappa shape index (κ3) is 4.18. The van der Waals surface area contributed by atoms with Crippen LogP contribution in [-0.2, 0) is 4.79 Å². The molecule has 3 rings (SSSR count). The molecule has 6 nitrogen and oxygen atoms in total. The predicted octanol–water partition coefficient (Wildman–Crippen LogP) is 2.25. The fourth-order valence-electron chi connectivity index (χ4n) is 3.65. The summed E-state index contributed by atoms with van der Waals surface area (Å²) in [6.07, 6.45) is 4.51. The third-order valence-corrected chi connectivity index (χ3v) is 5.16. The Hall–Kier alpha value is -2.37. The van der Waals surface area contributed by atoms with E-state index in [1.54, 1.807) is 17.0 Å². The Morgan fingerprint density at radius 1 is 1.08 bits per heavy atom. The Bertz CT molecular complexity index is 665. The lowest BCUT2D eigenvalue weighted by Gasteiger charge is -2.36. The van der Waals surface area contributed by atoms with Gasteiger partial charge in [0.2, 0.25) is 5.91 Å². The van der Waals surface area contributed by atoms with Gasteiger partial charge in [0.25, 0.3) is 5.91 Å². The fourth-order valence-corrected chi connectivity index (χ4v) is 3.65. The van der Waals surface area contributed by atoms with E-state index in [1.807, 2.05) is 4.90 Å². The molecule has 6 heteroatoms. The van der Waals surface area contributed by atoms with Crippen LogP contribution in [0.3, 0.4) is 0 Å². The number of likely N-dealkylation sites (tertiary alicyclic amines) is 2. The van der Waals surface area contributed by atoms with E-state index in [-0.39, 0.29) is 17.4 Å². The first-order valence-corrected chi connectivity index (χ1v) is 8.95. The van der Waals surface area contributed by atoms with Crippen molar-refractivity contribution in [2.75, 3.05) is 26.2 Å². The molecule has 0 bridgehead atoms. The van der Waals surface area contributed by atoms with Crippen LogP contribution in [-0.4, -0.2) is 58.9 Å². The first-order chi connectivity index (χ1) is 12.0. The van der Waals surface area contributed by atoms with Gasteiger partial charge in [-0.15, -0.1) is 0 Å². The predicted molar refractivity (Wildman–Crippen MR) is 92.5 cm³/mol. The van der Waals surface area contributed by atoms with E-state index < -0.39 is 5.97 Å². The van der Waals surface area contributed by atoms with Crippen LogP contribution in [0.2, 0.25) is 0 Å². The Kier molecular flexibility index (Phi) is 5.36. The molecule has 2 aliphatic rings. The Labute approximate surface area is 147 Å². The summed E-state index contributed by atoms with van der Waals surface area (Å²) in [6.45, 7) is 2.97. The maximum Gasteiger partial charge on any atom is 0.335 e. The van der Waals surface area contributed by atoms with Crippen LogP contribution in [0.15, 0.2) is 24.3 Å². The van der Waals surface area contributed by atoms with Crippen molar-refractivity contribution in [1.29, 1.82) is 0 Å². The topological polar surface area (TPSA) is 77.9 Å². The number of hydrogen-bond acceptors (Lipinski definition) is 3. The van der Waals surface area contributed by atoms with E-state index in [1.165, 1.54) is 12.1 Å². The normalized spacial score (nSPS) is 19.1. The van der Waals surface area contributed by atoms with Crippen molar-refractivity contribution in [2.24, 2.45) is 5.92 Å². The van der Waals surface area contributed by atoms with E-state index in [9.17, 15) is 14.4 Å². The van der Waals surface area contributed by atoms with E-state index in [2.05, 4.69) is 0 Å². The minimum atomic E-state index is -1.03. The zero-order chi connectivity index (χ0) is 17.8. The van der Waals surface area contributed by atoms with Crippen LogP contribution < -0.4 is 0 Å². The Morgan fingerprint density at radius 2 is 1.80 bits per heavy atom. The van der Waals surface area contributed by atoms with E-state index in [0.29, 0.717) is 31.0 Å². The maximum absolute atomic E-state index is 12.6. The lowest BCUT2D eigenvalue weighted by molar-refractivity contribution is -0.134. The number of carbonyl (C=O) groups excluding carboxylic acids is 2. The number of piperidine rings is 2. The molecule has 0 unspecified atom stereocenters. The lowest BCUT2D eigenvalue weighted by atomic mass is 9.94. The molecule has 25 heavy (non-hydrogen) atoms. The van der Waals surface area contributed by atoms with Gasteiger partial charge in [-0.25, -0.2) is 4.79 Å². The molecular weight excluding hydrogens is 320 g/mol. The number of carboxylic acid groups (broad SMARTS) is 1. The summed E-state index contributed by atoms with van der Waals surface area (Å²) in [5.41, 5.74) is 0.550. The summed E-state index contributed by atoms with van der Waals surface area (Å²) in [6, 6.07) is 6.18. The quantitative estimate of drug-likeness (QED) is 0.909. The molecule has 0 atom stereocenters. The second-order valence-corrected chi connectivity index (χ2v) is 6.92. The Morgan fingerprint density at radius 3 is 2.48 bits per heavy atom. The first-order valence-electron chi connectivity index (χ1n) is 8.95. The average Bonchev–Trinajstić information content (AvgIpc) is 2.64. The maximum atomic E-state index is 12.6. The van der Waals surface area contributed by atoms with Gasteiger partial charge in [-0.2, -0.15) is 0 Å². The average molecular weight is 344 g/mol. The number of carbonyl (C=O) groups is 3. The zero-order valence-corrected chi connectivity index (χ0v) is 14.3. The van der Waals surface area contributed by atoms with Crippen LogP contribution in [0.5, 0.6) is 0 Å². The monoisotopic (exact) mass is 344 g/mol. The summed E-state index contributed by atoms with van der Waals surface area (Å²) in [5.74, 6) is -0.443. The molecule has 134 valence electrons. The summed E-state index contributed by atoms with van der Waals surface area (Å²) in [4.78, 5) is 39.3. The minimum Gasteiger partial charge on any atom is -0.478 e. The summed E-state index contributed by atoms with van der Waals surface area (Å²) >= 11 is 0. The molecule has 2 fully saturated rings. The molecule has 0 radical (unpaired) electrons. The number of benzene rings is 1. The molecule has 0 aliphatic carbocycles. The van der Waals surface area contributed by atoms with Gasteiger partial charge in [0.05, 0.1) is 5.56 Å². The number of hydrogen-bond donors (Lipinski definition) is 1. The Balaban J connectivity index is 1.55. The standard InChI is InChI=1S/C19H24N2O4/c22-17-6-1-2-9-21(17)13-14-7-10-20(11-8-14)18(23)15-4-3-5-16(12-15)19(24)25/h3-5,12,14H,1-2,6-11,13H2,(H,24,25). The second kappa shape index (κ2) is 7.68. The number of amides is 2. The van der Waals surface area contributed by atoms with Gasteiger partial charge in [-0.3, -0.25) is 9.59 Å². The van der Waals surface area contributed by atoms with Crippen LogP contribution in [0.25, 0.3) is 0 Å². The number of rotatable bonds is 4. The van der Waals surface area contributed by atoms with Crippen LogP contribution in [0.1, 0.15) is 52.8 Å². The van der Waals surface area contributed by atoms with Gasteiger partial charge >= 0.3 is 5.97 Å². The van der Waals surface area contributed by atoms with Crippen molar-refractivity contribution in [1.82, 2.24) is 9.80 Å². The fraction of sp³-hybridized carbons (Fsp3) is 0.526. The molecule has 1 aromatic rings. The molecule has 2 aliphatic heterocycles. The number of aromatic carboxylic acids is 1. The van der Waals surface area contributed by atoms with Crippen molar-refractivity contribution in [2.45, 2.75) is 32.1 Å². The molecule has 2 amide bonds. The molecular formula is C19H24N2O4. The van der Waals surface area contributed by atoms with Crippen LogP contribution in [0.4, 0.5) is 0 Å². The second-order valence-electron chi connectivity index (χ2n) is 6.92.